The zero-order valence-electron chi connectivity index (χ0n) is 10.5. The Hall–Kier alpha value is -2.02. The smallest absolute Gasteiger partial charge is 0.417 e. The van der Waals surface area contributed by atoms with E-state index in [1.54, 1.807) is 30.3 Å². The van der Waals surface area contributed by atoms with Crippen molar-refractivity contribution in [3.8, 4) is 0 Å². The Labute approximate surface area is 113 Å². The van der Waals surface area contributed by atoms with E-state index >= 15 is 0 Å². The summed E-state index contributed by atoms with van der Waals surface area (Å²) in [6.07, 6.45) is -1.13. The van der Waals surface area contributed by atoms with Gasteiger partial charge in [0.25, 0.3) is 0 Å². The summed E-state index contributed by atoms with van der Waals surface area (Å²) >= 11 is 0. The largest absolute Gasteiger partial charge is 0.444 e. The normalized spacial score (nSPS) is 21.1. The lowest BCUT2D eigenvalue weighted by Crippen LogP contribution is -2.38. The number of likely N-dealkylation sites (tertiary alicyclic amines) is 1. The molecule has 0 spiro atoms. The van der Waals surface area contributed by atoms with Gasteiger partial charge in [-0.1, -0.05) is 30.3 Å². The van der Waals surface area contributed by atoms with Crippen molar-refractivity contribution in [2.24, 2.45) is 5.92 Å². The standard InChI is InChI=1S/C13H13F2NO4/c14-13(15)10(7-17)6-16(11(13)18)12(19)20-8-9-4-2-1-3-5-9/h1-5,10,17H,6-8H2. The number of carbonyl (C=O) groups is 2. The summed E-state index contributed by atoms with van der Waals surface area (Å²) in [7, 11) is 0. The van der Waals surface area contributed by atoms with Gasteiger partial charge in [-0.15, -0.1) is 0 Å². The molecule has 1 atom stereocenters. The fraction of sp³-hybridized carbons (Fsp3) is 0.385. The van der Waals surface area contributed by atoms with Crippen molar-refractivity contribution in [2.75, 3.05) is 13.2 Å². The number of imide groups is 1. The average molecular weight is 285 g/mol. The minimum absolute atomic E-state index is 0.112. The maximum Gasteiger partial charge on any atom is 0.417 e. The number of hydrogen-bond acceptors (Lipinski definition) is 4. The predicted molar refractivity (Wildman–Crippen MR) is 63.9 cm³/mol. The SMILES string of the molecule is O=C(OCc1ccccc1)N1CC(CO)C(F)(F)C1=O. The highest BCUT2D eigenvalue weighted by Gasteiger charge is 2.58. The van der Waals surface area contributed by atoms with Crippen molar-refractivity contribution in [3.63, 3.8) is 0 Å². The molecule has 2 amide bonds. The molecule has 0 aromatic heterocycles. The first kappa shape index (κ1) is 14.4. The monoisotopic (exact) mass is 285 g/mol. The lowest BCUT2D eigenvalue weighted by atomic mass is 10.1. The van der Waals surface area contributed by atoms with Gasteiger partial charge >= 0.3 is 17.9 Å². The van der Waals surface area contributed by atoms with Crippen LogP contribution in [0.15, 0.2) is 30.3 Å². The Kier molecular flexibility index (Phi) is 3.99. The van der Waals surface area contributed by atoms with Crippen LogP contribution in [0.3, 0.4) is 0 Å². The molecule has 1 fully saturated rings. The first-order chi connectivity index (χ1) is 9.46. The van der Waals surface area contributed by atoms with Crippen LogP contribution in [0.1, 0.15) is 5.56 Å². The molecule has 1 aromatic rings. The van der Waals surface area contributed by atoms with Gasteiger partial charge < -0.3 is 9.84 Å². The molecule has 1 heterocycles. The topological polar surface area (TPSA) is 66.8 Å². The molecule has 1 N–H and O–H groups in total. The number of hydrogen-bond donors (Lipinski definition) is 1. The molecule has 7 heteroatoms. The summed E-state index contributed by atoms with van der Waals surface area (Å²) < 4.78 is 31.7. The van der Waals surface area contributed by atoms with E-state index in [4.69, 9.17) is 9.84 Å². The van der Waals surface area contributed by atoms with Gasteiger partial charge in [0.2, 0.25) is 0 Å². The van der Waals surface area contributed by atoms with Crippen LogP contribution in [0.5, 0.6) is 0 Å². The molecule has 0 bridgehead atoms. The third kappa shape index (κ3) is 2.62. The first-order valence-corrected chi connectivity index (χ1v) is 5.98. The summed E-state index contributed by atoms with van der Waals surface area (Å²) in [6, 6.07) is 8.65. The fourth-order valence-electron chi connectivity index (χ4n) is 1.90. The molecule has 5 nitrogen and oxygen atoms in total. The molecule has 2 rings (SSSR count). The van der Waals surface area contributed by atoms with Gasteiger partial charge in [0.15, 0.2) is 0 Å². The minimum Gasteiger partial charge on any atom is -0.444 e. The van der Waals surface area contributed by atoms with Crippen molar-refractivity contribution < 1.29 is 28.2 Å². The van der Waals surface area contributed by atoms with E-state index in [0.717, 1.165) is 0 Å². The van der Waals surface area contributed by atoms with E-state index in [-0.39, 0.29) is 6.61 Å². The number of benzene rings is 1. The average Bonchev–Trinajstić information content (AvgIpc) is 2.68. The summed E-state index contributed by atoms with van der Waals surface area (Å²) in [5.74, 6) is -6.95. The van der Waals surface area contributed by atoms with E-state index < -0.39 is 37.0 Å². The molecule has 1 aliphatic heterocycles. The van der Waals surface area contributed by atoms with Crippen LogP contribution in [-0.2, 0) is 16.1 Å². The number of halogens is 2. The number of rotatable bonds is 3. The summed E-state index contributed by atoms with van der Waals surface area (Å²) in [6.45, 7) is -1.53. The van der Waals surface area contributed by atoms with Gasteiger partial charge in [-0.2, -0.15) is 8.78 Å². The number of aliphatic hydroxyl groups is 1. The second-order valence-corrected chi connectivity index (χ2v) is 4.46. The summed E-state index contributed by atoms with van der Waals surface area (Å²) in [4.78, 5) is 23.4. The lowest BCUT2D eigenvalue weighted by Gasteiger charge is -2.14. The molecule has 0 aliphatic carbocycles. The van der Waals surface area contributed by atoms with Gasteiger partial charge in [-0.3, -0.25) is 4.79 Å². The highest BCUT2D eigenvalue weighted by Crippen LogP contribution is 2.34. The number of amides is 2. The third-order valence-corrected chi connectivity index (χ3v) is 3.09. The Bertz CT molecular complexity index is 506. The van der Waals surface area contributed by atoms with Crippen molar-refractivity contribution in [2.45, 2.75) is 12.5 Å². The Morgan fingerprint density at radius 3 is 2.60 bits per heavy atom. The van der Waals surface area contributed by atoms with Crippen LogP contribution in [0, 0.1) is 5.92 Å². The van der Waals surface area contributed by atoms with E-state index in [1.807, 2.05) is 0 Å². The maximum atomic E-state index is 13.4. The van der Waals surface area contributed by atoms with Crippen LogP contribution in [-0.4, -0.2) is 41.1 Å². The zero-order valence-corrected chi connectivity index (χ0v) is 10.5. The van der Waals surface area contributed by atoms with Gasteiger partial charge in [0, 0.05) is 6.54 Å². The molecule has 1 saturated heterocycles. The van der Waals surface area contributed by atoms with Gasteiger partial charge in [-0.05, 0) is 5.56 Å². The van der Waals surface area contributed by atoms with Crippen LogP contribution in [0.2, 0.25) is 0 Å². The predicted octanol–water partition coefficient (Wildman–Crippen LogP) is 1.41. The molecular formula is C13H13F2NO4. The highest BCUT2D eigenvalue weighted by molar-refractivity contribution is 5.98. The van der Waals surface area contributed by atoms with E-state index in [0.29, 0.717) is 10.5 Å². The zero-order chi connectivity index (χ0) is 14.8. The van der Waals surface area contributed by atoms with Gasteiger partial charge in [-0.25, -0.2) is 9.69 Å². The molecule has 1 aliphatic rings. The molecule has 20 heavy (non-hydrogen) atoms. The van der Waals surface area contributed by atoms with Crippen molar-refractivity contribution in [1.29, 1.82) is 0 Å². The highest BCUT2D eigenvalue weighted by atomic mass is 19.3. The number of nitrogens with zero attached hydrogens (tertiary/aromatic N) is 1. The second-order valence-electron chi connectivity index (χ2n) is 4.46. The minimum atomic E-state index is -3.74. The number of alkyl halides is 2. The maximum absolute atomic E-state index is 13.4. The Morgan fingerprint density at radius 2 is 2.05 bits per heavy atom. The Morgan fingerprint density at radius 1 is 1.40 bits per heavy atom. The van der Waals surface area contributed by atoms with Gasteiger partial charge in [0.05, 0.1) is 12.5 Å². The Balaban J connectivity index is 1.98. The molecule has 108 valence electrons. The van der Waals surface area contributed by atoms with Crippen LogP contribution < -0.4 is 0 Å². The quantitative estimate of drug-likeness (QED) is 0.911. The molecular weight excluding hydrogens is 272 g/mol. The van der Waals surface area contributed by atoms with Gasteiger partial charge in [0.1, 0.15) is 6.61 Å². The third-order valence-electron chi connectivity index (χ3n) is 3.09. The summed E-state index contributed by atoms with van der Waals surface area (Å²) in [5.41, 5.74) is 0.679. The van der Waals surface area contributed by atoms with E-state index in [9.17, 15) is 18.4 Å². The van der Waals surface area contributed by atoms with Crippen molar-refractivity contribution >= 4 is 12.0 Å². The van der Waals surface area contributed by atoms with Crippen LogP contribution in [0.25, 0.3) is 0 Å². The summed E-state index contributed by atoms with van der Waals surface area (Å²) in [5, 5.41) is 8.82. The van der Waals surface area contributed by atoms with E-state index in [1.165, 1.54) is 0 Å². The second kappa shape index (κ2) is 5.54. The van der Waals surface area contributed by atoms with Crippen LogP contribution >= 0.6 is 0 Å². The number of aliphatic hydroxyl groups excluding tert-OH is 1. The fourth-order valence-corrected chi connectivity index (χ4v) is 1.90. The van der Waals surface area contributed by atoms with Crippen LogP contribution in [0.4, 0.5) is 13.6 Å². The molecule has 1 unspecified atom stereocenters. The van der Waals surface area contributed by atoms with E-state index in [2.05, 4.69) is 0 Å². The number of carbonyl (C=O) groups excluding carboxylic acids is 2. The first-order valence-electron chi connectivity index (χ1n) is 5.98. The molecule has 0 saturated carbocycles. The lowest BCUT2D eigenvalue weighted by molar-refractivity contribution is -0.151. The number of ether oxygens (including phenoxy) is 1. The molecule has 1 aromatic carbocycles. The molecule has 0 radical (unpaired) electrons. The van der Waals surface area contributed by atoms with Crippen molar-refractivity contribution in [3.05, 3.63) is 35.9 Å². The van der Waals surface area contributed by atoms with Crippen molar-refractivity contribution in [1.82, 2.24) is 4.90 Å².